The molecule has 2 aliphatic heterocycles. The van der Waals surface area contributed by atoms with Crippen LogP contribution in [0.2, 0.25) is 0 Å². The fourth-order valence-corrected chi connectivity index (χ4v) is 5.96. The molecule has 1 atom stereocenters. The number of sulfonamides is 1. The first-order valence-electron chi connectivity index (χ1n) is 10.1. The van der Waals surface area contributed by atoms with E-state index in [-0.39, 0.29) is 29.9 Å². The van der Waals surface area contributed by atoms with Gasteiger partial charge >= 0.3 is 0 Å². The predicted molar refractivity (Wildman–Crippen MR) is 117 cm³/mol. The second kappa shape index (κ2) is 7.97. The van der Waals surface area contributed by atoms with Crippen molar-refractivity contribution in [3.8, 4) is 5.75 Å². The minimum atomic E-state index is -3.94. The highest BCUT2D eigenvalue weighted by molar-refractivity contribution is 7.89. The average molecular weight is 444 g/mol. The van der Waals surface area contributed by atoms with Crippen molar-refractivity contribution in [3.63, 3.8) is 0 Å². The van der Waals surface area contributed by atoms with E-state index in [2.05, 4.69) is 5.32 Å². The first-order valence-corrected chi connectivity index (χ1v) is 11.6. The van der Waals surface area contributed by atoms with Gasteiger partial charge in [0.1, 0.15) is 11.8 Å². The number of hydrogen-bond acceptors (Lipinski definition) is 5. The standard InChI is InChI=1S/C22H25N3O5S/c1-14-6-4-7-16(10-14)24(3)22(27)18-8-5-9-25(18)31(28,29)20-12-19-17(11-15(20)2)23-21(26)13-30-19/h4,6-7,10-12,18H,5,8-9,13H2,1-3H3,(H,23,26)/t18-/m1/s1. The van der Waals surface area contributed by atoms with Crippen LogP contribution in [0.5, 0.6) is 5.75 Å². The third kappa shape index (κ3) is 3.90. The smallest absolute Gasteiger partial charge is 0.262 e. The number of ether oxygens (including phenoxy) is 1. The van der Waals surface area contributed by atoms with Crippen LogP contribution in [0.1, 0.15) is 24.0 Å². The third-order valence-electron chi connectivity index (χ3n) is 5.70. The van der Waals surface area contributed by atoms with Gasteiger partial charge in [-0.2, -0.15) is 4.31 Å². The summed E-state index contributed by atoms with van der Waals surface area (Å²) in [5.74, 6) is -0.236. The molecule has 9 heteroatoms. The minimum absolute atomic E-state index is 0.0836. The van der Waals surface area contributed by atoms with Crippen LogP contribution in [-0.4, -0.2) is 50.8 Å². The molecule has 0 unspecified atom stereocenters. The predicted octanol–water partition coefficient (Wildman–Crippen LogP) is 2.45. The maximum absolute atomic E-state index is 13.5. The van der Waals surface area contributed by atoms with Crippen molar-refractivity contribution in [1.29, 1.82) is 0 Å². The van der Waals surface area contributed by atoms with Gasteiger partial charge in [-0.3, -0.25) is 9.59 Å². The molecule has 2 heterocycles. The van der Waals surface area contributed by atoms with E-state index in [9.17, 15) is 18.0 Å². The summed E-state index contributed by atoms with van der Waals surface area (Å²) in [5, 5.41) is 2.68. The second-order valence-corrected chi connectivity index (χ2v) is 9.82. The van der Waals surface area contributed by atoms with Crippen molar-refractivity contribution in [1.82, 2.24) is 4.31 Å². The molecule has 4 rings (SSSR count). The quantitative estimate of drug-likeness (QED) is 0.783. The molecule has 0 aliphatic carbocycles. The van der Waals surface area contributed by atoms with Crippen LogP contribution in [-0.2, 0) is 19.6 Å². The summed E-state index contributed by atoms with van der Waals surface area (Å²) in [7, 11) is -2.27. The van der Waals surface area contributed by atoms with Crippen LogP contribution in [0.3, 0.4) is 0 Å². The minimum Gasteiger partial charge on any atom is -0.482 e. The van der Waals surface area contributed by atoms with Gasteiger partial charge in [-0.15, -0.1) is 0 Å². The Morgan fingerprint density at radius 1 is 1.23 bits per heavy atom. The van der Waals surface area contributed by atoms with Crippen molar-refractivity contribution < 1.29 is 22.7 Å². The Morgan fingerprint density at radius 2 is 2.00 bits per heavy atom. The lowest BCUT2D eigenvalue weighted by Gasteiger charge is -2.28. The van der Waals surface area contributed by atoms with Crippen molar-refractivity contribution in [2.75, 3.05) is 30.4 Å². The normalized spacial score (nSPS) is 18.8. The number of aryl methyl sites for hydroxylation is 2. The van der Waals surface area contributed by atoms with Gasteiger partial charge in [-0.25, -0.2) is 8.42 Å². The Labute approximate surface area is 181 Å². The molecule has 164 valence electrons. The van der Waals surface area contributed by atoms with Gasteiger partial charge in [0.05, 0.1) is 10.6 Å². The van der Waals surface area contributed by atoms with E-state index >= 15 is 0 Å². The summed E-state index contributed by atoms with van der Waals surface area (Å²) in [4.78, 5) is 26.4. The van der Waals surface area contributed by atoms with Crippen LogP contribution < -0.4 is 15.0 Å². The zero-order valence-electron chi connectivity index (χ0n) is 17.7. The molecular formula is C22H25N3O5S. The SMILES string of the molecule is Cc1cccc(N(C)C(=O)[C@H]2CCCN2S(=O)(=O)c2cc3c(cc2C)NC(=O)CO3)c1. The van der Waals surface area contributed by atoms with E-state index in [4.69, 9.17) is 4.74 Å². The summed E-state index contributed by atoms with van der Waals surface area (Å²) in [6.45, 7) is 3.72. The number of rotatable bonds is 4. The second-order valence-electron chi connectivity index (χ2n) is 7.96. The highest BCUT2D eigenvalue weighted by atomic mass is 32.2. The van der Waals surface area contributed by atoms with E-state index in [1.165, 1.54) is 15.3 Å². The molecule has 0 saturated carbocycles. The van der Waals surface area contributed by atoms with E-state index in [1.807, 2.05) is 31.2 Å². The van der Waals surface area contributed by atoms with Crippen LogP contribution in [0.15, 0.2) is 41.3 Å². The molecule has 0 bridgehead atoms. The number of carbonyl (C=O) groups is 2. The third-order valence-corrected chi connectivity index (χ3v) is 7.76. The Morgan fingerprint density at radius 3 is 2.74 bits per heavy atom. The number of fused-ring (bicyclic) bond motifs is 1. The van der Waals surface area contributed by atoms with Crippen molar-refractivity contribution in [2.45, 2.75) is 37.6 Å². The van der Waals surface area contributed by atoms with E-state index in [1.54, 1.807) is 20.0 Å². The number of nitrogens with one attached hydrogen (secondary N) is 1. The van der Waals surface area contributed by atoms with Crippen molar-refractivity contribution >= 4 is 33.2 Å². The van der Waals surface area contributed by atoms with Crippen molar-refractivity contribution in [3.05, 3.63) is 47.5 Å². The Balaban J connectivity index is 1.65. The number of hydrogen-bond donors (Lipinski definition) is 1. The first-order chi connectivity index (χ1) is 14.7. The monoisotopic (exact) mass is 443 g/mol. The van der Waals surface area contributed by atoms with Gasteiger partial charge in [0, 0.05) is 25.3 Å². The topological polar surface area (TPSA) is 96.0 Å². The molecule has 2 amide bonds. The molecular weight excluding hydrogens is 418 g/mol. The molecule has 8 nitrogen and oxygen atoms in total. The molecule has 1 N–H and O–H groups in total. The molecule has 2 aliphatic rings. The van der Waals surface area contributed by atoms with Gasteiger partial charge in [-0.05, 0) is 56.0 Å². The van der Waals surface area contributed by atoms with Gasteiger partial charge in [0.2, 0.25) is 15.9 Å². The first kappa shape index (κ1) is 21.3. The number of carbonyl (C=O) groups excluding carboxylic acids is 2. The van der Waals surface area contributed by atoms with Gasteiger partial charge in [-0.1, -0.05) is 12.1 Å². The van der Waals surface area contributed by atoms with Gasteiger partial charge in [0.25, 0.3) is 5.91 Å². The largest absolute Gasteiger partial charge is 0.482 e. The maximum Gasteiger partial charge on any atom is 0.262 e. The number of anilines is 2. The van der Waals surface area contributed by atoms with Crippen LogP contribution in [0, 0.1) is 13.8 Å². The Kier molecular flexibility index (Phi) is 5.49. The van der Waals surface area contributed by atoms with Crippen LogP contribution >= 0.6 is 0 Å². The number of benzene rings is 2. The zero-order chi connectivity index (χ0) is 22.3. The lowest BCUT2D eigenvalue weighted by Crippen LogP contribution is -2.46. The van der Waals surface area contributed by atoms with Gasteiger partial charge in [0.15, 0.2) is 6.61 Å². The van der Waals surface area contributed by atoms with E-state index < -0.39 is 16.1 Å². The molecule has 2 aromatic carbocycles. The Bertz CT molecular complexity index is 1160. The molecule has 2 aromatic rings. The number of amides is 2. The summed E-state index contributed by atoms with van der Waals surface area (Å²) < 4.78 is 33.8. The molecule has 1 saturated heterocycles. The summed E-state index contributed by atoms with van der Waals surface area (Å²) in [6, 6.07) is 9.79. The molecule has 31 heavy (non-hydrogen) atoms. The highest BCUT2D eigenvalue weighted by Gasteiger charge is 2.41. The average Bonchev–Trinajstić information content (AvgIpc) is 3.23. The summed E-state index contributed by atoms with van der Waals surface area (Å²) in [6.07, 6.45) is 1.07. The Hall–Kier alpha value is -2.91. The molecule has 1 fully saturated rings. The van der Waals surface area contributed by atoms with Crippen LogP contribution in [0.25, 0.3) is 0 Å². The number of nitrogens with zero attached hydrogens (tertiary/aromatic N) is 2. The van der Waals surface area contributed by atoms with Gasteiger partial charge < -0.3 is 15.0 Å². The zero-order valence-corrected chi connectivity index (χ0v) is 18.5. The maximum atomic E-state index is 13.5. The van der Waals surface area contributed by atoms with E-state index in [0.717, 1.165) is 11.3 Å². The number of likely N-dealkylation sites (N-methyl/N-ethyl adjacent to an activating group) is 1. The summed E-state index contributed by atoms with van der Waals surface area (Å²) >= 11 is 0. The lowest BCUT2D eigenvalue weighted by molar-refractivity contribution is -0.121. The fraction of sp³-hybridized carbons (Fsp3) is 0.364. The lowest BCUT2D eigenvalue weighted by atomic mass is 10.1. The molecule has 0 spiro atoms. The molecule has 0 aromatic heterocycles. The summed E-state index contributed by atoms with van der Waals surface area (Å²) in [5.41, 5.74) is 2.67. The van der Waals surface area contributed by atoms with E-state index in [0.29, 0.717) is 29.8 Å². The van der Waals surface area contributed by atoms with Crippen molar-refractivity contribution in [2.24, 2.45) is 0 Å². The fourth-order valence-electron chi connectivity index (χ4n) is 4.08. The van der Waals surface area contributed by atoms with Crippen LogP contribution in [0.4, 0.5) is 11.4 Å². The molecule has 0 radical (unpaired) electrons. The highest BCUT2D eigenvalue weighted by Crippen LogP contribution is 2.36.